The molecule has 1 heterocycles. The lowest BCUT2D eigenvalue weighted by Crippen LogP contribution is -2.17. The van der Waals surface area contributed by atoms with Gasteiger partial charge in [-0.25, -0.2) is 0 Å². The van der Waals surface area contributed by atoms with Crippen LogP contribution in [0, 0.1) is 5.92 Å². The lowest BCUT2D eigenvalue weighted by molar-refractivity contribution is 0.486. The van der Waals surface area contributed by atoms with Crippen LogP contribution in [0.4, 0.5) is 0 Å². The van der Waals surface area contributed by atoms with Gasteiger partial charge in [0.05, 0.1) is 6.20 Å². The molecule has 86 valence electrons. The highest BCUT2D eigenvalue weighted by atomic mass is 15.3. The third kappa shape index (κ3) is 4.04. The highest BCUT2D eigenvalue weighted by Gasteiger charge is 2.06. The SMILES string of the molecule is CCNC(C)c1cnn(CCC(C)C)c1. The molecule has 0 aliphatic carbocycles. The lowest BCUT2D eigenvalue weighted by atomic mass is 10.1. The summed E-state index contributed by atoms with van der Waals surface area (Å²) in [5.74, 6) is 0.740. The van der Waals surface area contributed by atoms with Crippen molar-refractivity contribution in [2.45, 2.75) is 46.7 Å². The highest BCUT2D eigenvalue weighted by Crippen LogP contribution is 2.11. The van der Waals surface area contributed by atoms with E-state index in [1.54, 1.807) is 0 Å². The van der Waals surface area contributed by atoms with Crippen LogP contribution in [0.3, 0.4) is 0 Å². The van der Waals surface area contributed by atoms with Crippen LogP contribution in [0.5, 0.6) is 0 Å². The molecule has 0 bridgehead atoms. The Morgan fingerprint density at radius 1 is 1.40 bits per heavy atom. The van der Waals surface area contributed by atoms with Crippen LogP contribution in [0.25, 0.3) is 0 Å². The fraction of sp³-hybridized carbons (Fsp3) is 0.750. The van der Waals surface area contributed by atoms with Crippen molar-refractivity contribution in [3.8, 4) is 0 Å². The van der Waals surface area contributed by atoms with E-state index in [1.807, 2.05) is 10.9 Å². The van der Waals surface area contributed by atoms with Crippen molar-refractivity contribution in [3.63, 3.8) is 0 Å². The number of aryl methyl sites for hydroxylation is 1. The first-order chi connectivity index (χ1) is 7.13. The average Bonchev–Trinajstić information content (AvgIpc) is 2.63. The molecule has 0 fully saturated rings. The first kappa shape index (κ1) is 12.2. The second-order valence-electron chi connectivity index (χ2n) is 4.50. The van der Waals surface area contributed by atoms with Crippen LogP contribution in [-0.4, -0.2) is 16.3 Å². The first-order valence-corrected chi connectivity index (χ1v) is 5.89. The van der Waals surface area contributed by atoms with E-state index in [0.717, 1.165) is 19.0 Å². The van der Waals surface area contributed by atoms with Gasteiger partial charge >= 0.3 is 0 Å². The largest absolute Gasteiger partial charge is 0.310 e. The van der Waals surface area contributed by atoms with Gasteiger partial charge in [-0.05, 0) is 25.8 Å². The summed E-state index contributed by atoms with van der Waals surface area (Å²) in [6.07, 6.45) is 5.31. The van der Waals surface area contributed by atoms with E-state index in [0.29, 0.717) is 6.04 Å². The lowest BCUT2D eigenvalue weighted by Gasteiger charge is -2.09. The predicted molar refractivity (Wildman–Crippen MR) is 63.8 cm³/mol. The Kier molecular flexibility index (Phi) is 4.82. The molecule has 1 N–H and O–H groups in total. The van der Waals surface area contributed by atoms with Gasteiger partial charge in [-0.15, -0.1) is 0 Å². The van der Waals surface area contributed by atoms with Crippen LogP contribution in [0.2, 0.25) is 0 Å². The van der Waals surface area contributed by atoms with Crippen molar-refractivity contribution < 1.29 is 0 Å². The minimum absolute atomic E-state index is 0.405. The second-order valence-corrected chi connectivity index (χ2v) is 4.50. The minimum Gasteiger partial charge on any atom is -0.310 e. The Hall–Kier alpha value is -0.830. The van der Waals surface area contributed by atoms with Crippen LogP contribution in [-0.2, 0) is 6.54 Å². The van der Waals surface area contributed by atoms with Crippen molar-refractivity contribution >= 4 is 0 Å². The average molecular weight is 209 g/mol. The van der Waals surface area contributed by atoms with Gasteiger partial charge in [-0.2, -0.15) is 5.10 Å². The monoisotopic (exact) mass is 209 g/mol. The number of hydrogen-bond acceptors (Lipinski definition) is 2. The molecule has 1 atom stereocenters. The molecule has 0 spiro atoms. The fourth-order valence-corrected chi connectivity index (χ4v) is 1.54. The van der Waals surface area contributed by atoms with Gasteiger partial charge < -0.3 is 5.32 Å². The fourth-order valence-electron chi connectivity index (χ4n) is 1.54. The molecule has 1 aromatic rings. The predicted octanol–water partition coefficient (Wildman–Crippen LogP) is 2.60. The third-order valence-electron chi connectivity index (χ3n) is 2.60. The van der Waals surface area contributed by atoms with E-state index in [9.17, 15) is 0 Å². The summed E-state index contributed by atoms with van der Waals surface area (Å²) >= 11 is 0. The Balaban J connectivity index is 2.48. The zero-order chi connectivity index (χ0) is 11.3. The van der Waals surface area contributed by atoms with Crippen molar-refractivity contribution in [2.75, 3.05) is 6.54 Å². The summed E-state index contributed by atoms with van der Waals surface area (Å²) < 4.78 is 2.04. The summed E-state index contributed by atoms with van der Waals surface area (Å²) in [5.41, 5.74) is 1.28. The molecule has 15 heavy (non-hydrogen) atoms. The molecule has 0 radical (unpaired) electrons. The third-order valence-corrected chi connectivity index (χ3v) is 2.60. The van der Waals surface area contributed by atoms with E-state index >= 15 is 0 Å². The van der Waals surface area contributed by atoms with Crippen molar-refractivity contribution in [2.24, 2.45) is 5.92 Å². The normalized spacial score (nSPS) is 13.4. The summed E-state index contributed by atoms with van der Waals surface area (Å²) in [6.45, 7) is 10.8. The molecular formula is C12H23N3. The molecule has 0 aliphatic heterocycles. The molecule has 0 saturated carbocycles. The van der Waals surface area contributed by atoms with Gasteiger partial charge in [-0.1, -0.05) is 20.8 Å². The van der Waals surface area contributed by atoms with E-state index in [-0.39, 0.29) is 0 Å². The second kappa shape index (κ2) is 5.91. The van der Waals surface area contributed by atoms with Gasteiger partial charge in [-0.3, -0.25) is 4.68 Å². The number of aromatic nitrogens is 2. The van der Waals surface area contributed by atoms with Crippen LogP contribution in [0.1, 0.15) is 45.7 Å². The summed E-state index contributed by atoms with van der Waals surface area (Å²) in [4.78, 5) is 0. The zero-order valence-electron chi connectivity index (χ0n) is 10.3. The van der Waals surface area contributed by atoms with Crippen molar-refractivity contribution in [1.29, 1.82) is 0 Å². The topological polar surface area (TPSA) is 29.9 Å². The van der Waals surface area contributed by atoms with E-state index < -0.39 is 0 Å². The maximum Gasteiger partial charge on any atom is 0.0537 e. The molecule has 0 aliphatic rings. The van der Waals surface area contributed by atoms with Crippen LogP contribution >= 0.6 is 0 Å². The Bertz CT molecular complexity index is 278. The molecule has 0 saturated heterocycles. The molecule has 1 rings (SSSR count). The van der Waals surface area contributed by atoms with E-state index in [4.69, 9.17) is 0 Å². The minimum atomic E-state index is 0.405. The van der Waals surface area contributed by atoms with E-state index in [1.165, 1.54) is 12.0 Å². The van der Waals surface area contributed by atoms with Crippen molar-refractivity contribution in [3.05, 3.63) is 18.0 Å². The van der Waals surface area contributed by atoms with Gasteiger partial charge in [0.1, 0.15) is 0 Å². The molecule has 1 unspecified atom stereocenters. The molecular weight excluding hydrogens is 186 g/mol. The molecule has 0 aromatic carbocycles. The van der Waals surface area contributed by atoms with E-state index in [2.05, 4.69) is 44.3 Å². The number of hydrogen-bond donors (Lipinski definition) is 1. The van der Waals surface area contributed by atoms with Crippen LogP contribution in [0.15, 0.2) is 12.4 Å². The zero-order valence-corrected chi connectivity index (χ0v) is 10.3. The maximum absolute atomic E-state index is 4.37. The maximum atomic E-state index is 4.37. The Labute approximate surface area is 92.9 Å². The Morgan fingerprint density at radius 3 is 2.73 bits per heavy atom. The number of rotatable bonds is 6. The van der Waals surface area contributed by atoms with Gasteiger partial charge in [0.15, 0.2) is 0 Å². The van der Waals surface area contributed by atoms with Gasteiger partial charge in [0.2, 0.25) is 0 Å². The quantitative estimate of drug-likeness (QED) is 0.780. The standard InChI is InChI=1S/C12H23N3/c1-5-13-11(4)12-8-14-15(9-12)7-6-10(2)3/h8-11,13H,5-7H2,1-4H3. The highest BCUT2D eigenvalue weighted by molar-refractivity contribution is 5.08. The molecule has 3 heteroatoms. The summed E-state index contributed by atoms with van der Waals surface area (Å²) in [5, 5.41) is 7.75. The number of nitrogens with zero attached hydrogens (tertiary/aromatic N) is 2. The summed E-state index contributed by atoms with van der Waals surface area (Å²) in [6, 6.07) is 0.405. The van der Waals surface area contributed by atoms with Crippen molar-refractivity contribution in [1.82, 2.24) is 15.1 Å². The Morgan fingerprint density at radius 2 is 2.13 bits per heavy atom. The first-order valence-electron chi connectivity index (χ1n) is 5.89. The van der Waals surface area contributed by atoms with Gasteiger partial charge in [0.25, 0.3) is 0 Å². The smallest absolute Gasteiger partial charge is 0.0537 e. The molecule has 3 nitrogen and oxygen atoms in total. The van der Waals surface area contributed by atoms with Gasteiger partial charge in [0, 0.05) is 24.3 Å². The summed E-state index contributed by atoms with van der Waals surface area (Å²) in [7, 11) is 0. The van der Waals surface area contributed by atoms with Crippen LogP contribution < -0.4 is 5.32 Å². The number of nitrogens with one attached hydrogen (secondary N) is 1. The molecule has 0 amide bonds. The molecule has 1 aromatic heterocycles.